The lowest BCUT2D eigenvalue weighted by Crippen LogP contribution is -2.41. The standard InChI is InChI=1S/C24H30FN3O2/c1-17-12-18(2)15-28(14-17)16-20-7-5-4-6-19(20)13-26-23(29)24(30)27(3)22-10-8-21(25)9-11-22/h4-11,17-18H,12-16H2,1-3H3,(H,26,29)/t17-,18-/m0/s1. The van der Waals surface area contributed by atoms with Gasteiger partial charge in [-0.25, -0.2) is 4.39 Å². The molecule has 2 atom stereocenters. The van der Waals surface area contributed by atoms with Crippen molar-refractivity contribution in [2.24, 2.45) is 11.8 Å². The maximum absolute atomic E-state index is 13.1. The molecule has 30 heavy (non-hydrogen) atoms. The molecule has 2 aromatic rings. The third-order valence-electron chi connectivity index (χ3n) is 5.61. The minimum Gasteiger partial charge on any atom is -0.344 e. The molecule has 1 saturated heterocycles. The Balaban J connectivity index is 1.60. The van der Waals surface area contributed by atoms with E-state index in [0.717, 1.165) is 25.2 Å². The summed E-state index contributed by atoms with van der Waals surface area (Å²) >= 11 is 0. The molecule has 0 spiro atoms. The molecule has 6 heteroatoms. The van der Waals surface area contributed by atoms with Crippen LogP contribution >= 0.6 is 0 Å². The summed E-state index contributed by atoms with van der Waals surface area (Å²) in [4.78, 5) is 28.5. The number of hydrogen-bond acceptors (Lipinski definition) is 3. The molecule has 0 radical (unpaired) electrons. The van der Waals surface area contributed by atoms with Crippen LogP contribution in [0.5, 0.6) is 0 Å². The summed E-state index contributed by atoms with van der Waals surface area (Å²) in [5, 5.41) is 2.73. The normalized spacial score (nSPS) is 19.3. The highest BCUT2D eigenvalue weighted by Crippen LogP contribution is 2.23. The van der Waals surface area contributed by atoms with Crippen LogP contribution in [0.1, 0.15) is 31.4 Å². The monoisotopic (exact) mass is 411 g/mol. The first-order valence-corrected chi connectivity index (χ1v) is 10.4. The summed E-state index contributed by atoms with van der Waals surface area (Å²) < 4.78 is 13.1. The van der Waals surface area contributed by atoms with E-state index in [4.69, 9.17) is 0 Å². The molecule has 5 nitrogen and oxygen atoms in total. The second-order valence-corrected chi connectivity index (χ2v) is 8.43. The predicted molar refractivity (Wildman–Crippen MR) is 116 cm³/mol. The number of likely N-dealkylation sites (tertiary alicyclic amines) is 1. The highest BCUT2D eigenvalue weighted by molar-refractivity contribution is 6.40. The zero-order chi connectivity index (χ0) is 21.7. The van der Waals surface area contributed by atoms with E-state index in [-0.39, 0.29) is 6.54 Å². The first-order chi connectivity index (χ1) is 14.3. The van der Waals surface area contributed by atoms with Gasteiger partial charge in [0, 0.05) is 38.9 Å². The molecule has 0 aromatic heterocycles. The number of likely N-dealkylation sites (N-methyl/N-ethyl adjacent to an activating group) is 1. The van der Waals surface area contributed by atoms with Gasteiger partial charge in [0.25, 0.3) is 0 Å². The Hall–Kier alpha value is -2.73. The van der Waals surface area contributed by atoms with Gasteiger partial charge in [-0.05, 0) is 53.6 Å². The van der Waals surface area contributed by atoms with Crippen molar-refractivity contribution in [3.05, 3.63) is 65.5 Å². The molecular weight excluding hydrogens is 381 g/mol. The van der Waals surface area contributed by atoms with Gasteiger partial charge in [-0.3, -0.25) is 14.5 Å². The first-order valence-electron chi connectivity index (χ1n) is 10.4. The van der Waals surface area contributed by atoms with Gasteiger partial charge in [-0.2, -0.15) is 0 Å². The number of benzene rings is 2. The number of nitrogens with one attached hydrogen (secondary N) is 1. The molecule has 1 heterocycles. The highest BCUT2D eigenvalue weighted by atomic mass is 19.1. The number of piperidine rings is 1. The average Bonchev–Trinajstić information content (AvgIpc) is 2.71. The quantitative estimate of drug-likeness (QED) is 0.765. The Labute approximate surface area is 177 Å². The van der Waals surface area contributed by atoms with Crippen LogP contribution in [-0.2, 0) is 22.7 Å². The zero-order valence-corrected chi connectivity index (χ0v) is 17.9. The van der Waals surface area contributed by atoms with E-state index in [1.54, 1.807) is 0 Å². The molecule has 1 aliphatic heterocycles. The maximum Gasteiger partial charge on any atom is 0.316 e. The summed E-state index contributed by atoms with van der Waals surface area (Å²) in [5.41, 5.74) is 2.64. The van der Waals surface area contributed by atoms with Gasteiger partial charge < -0.3 is 10.2 Å². The number of hydrogen-bond donors (Lipinski definition) is 1. The molecule has 1 aliphatic rings. The summed E-state index contributed by atoms with van der Waals surface area (Å²) in [5.74, 6) is -0.395. The molecule has 2 aromatic carbocycles. The van der Waals surface area contributed by atoms with E-state index < -0.39 is 17.6 Å². The predicted octanol–water partition coefficient (Wildman–Crippen LogP) is 3.58. The molecule has 0 aliphatic carbocycles. The lowest BCUT2D eigenvalue weighted by Gasteiger charge is -2.35. The fourth-order valence-corrected chi connectivity index (χ4v) is 4.23. The van der Waals surface area contributed by atoms with Gasteiger partial charge in [0.2, 0.25) is 0 Å². The minimum absolute atomic E-state index is 0.289. The Morgan fingerprint density at radius 2 is 1.63 bits per heavy atom. The highest BCUT2D eigenvalue weighted by Gasteiger charge is 2.23. The summed E-state index contributed by atoms with van der Waals surface area (Å²) in [6, 6.07) is 13.5. The van der Waals surface area contributed by atoms with Crippen molar-refractivity contribution in [2.75, 3.05) is 25.0 Å². The molecule has 160 valence electrons. The van der Waals surface area contributed by atoms with Crippen LogP contribution in [0.3, 0.4) is 0 Å². The average molecular weight is 412 g/mol. The molecule has 1 N–H and O–H groups in total. The van der Waals surface area contributed by atoms with Crippen LogP contribution in [0.15, 0.2) is 48.5 Å². The van der Waals surface area contributed by atoms with Crippen LogP contribution in [-0.4, -0.2) is 36.9 Å². The van der Waals surface area contributed by atoms with E-state index in [1.807, 2.05) is 18.2 Å². The van der Waals surface area contributed by atoms with E-state index in [0.29, 0.717) is 17.5 Å². The second-order valence-electron chi connectivity index (χ2n) is 8.43. The maximum atomic E-state index is 13.1. The van der Waals surface area contributed by atoms with Gasteiger partial charge in [0.1, 0.15) is 5.82 Å². The summed E-state index contributed by atoms with van der Waals surface area (Å²) in [6.45, 7) is 7.86. The van der Waals surface area contributed by atoms with Gasteiger partial charge in [0.05, 0.1) is 0 Å². The second kappa shape index (κ2) is 9.85. The number of carbonyl (C=O) groups is 2. The lowest BCUT2D eigenvalue weighted by atomic mass is 9.91. The molecule has 2 amide bonds. The molecule has 0 unspecified atom stereocenters. The zero-order valence-electron chi connectivity index (χ0n) is 17.9. The lowest BCUT2D eigenvalue weighted by molar-refractivity contribution is -0.137. The summed E-state index contributed by atoms with van der Waals surface area (Å²) in [6.07, 6.45) is 1.26. The van der Waals surface area contributed by atoms with Gasteiger partial charge in [-0.15, -0.1) is 0 Å². The van der Waals surface area contributed by atoms with Crippen LogP contribution in [0.25, 0.3) is 0 Å². The number of carbonyl (C=O) groups excluding carboxylic acids is 2. The topological polar surface area (TPSA) is 52.7 Å². The third-order valence-corrected chi connectivity index (χ3v) is 5.61. The molecular formula is C24H30FN3O2. The number of nitrogens with zero attached hydrogens (tertiary/aromatic N) is 2. The van der Waals surface area contributed by atoms with Crippen LogP contribution in [0.2, 0.25) is 0 Å². The van der Waals surface area contributed by atoms with Crippen molar-refractivity contribution in [1.29, 1.82) is 0 Å². The Kier molecular flexibility index (Phi) is 7.21. The van der Waals surface area contributed by atoms with E-state index in [2.05, 4.69) is 30.1 Å². The molecule has 0 saturated carbocycles. The minimum atomic E-state index is -0.683. The number of amides is 2. The fraction of sp³-hybridized carbons (Fsp3) is 0.417. The van der Waals surface area contributed by atoms with Crippen LogP contribution in [0, 0.1) is 17.7 Å². The van der Waals surface area contributed by atoms with Gasteiger partial charge in [0.15, 0.2) is 0 Å². The number of anilines is 1. The Bertz CT molecular complexity index is 874. The van der Waals surface area contributed by atoms with E-state index >= 15 is 0 Å². The van der Waals surface area contributed by atoms with Gasteiger partial charge in [-0.1, -0.05) is 38.1 Å². The third kappa shape index (κ3) is 5.66. The van der Waals surface area contributed by atoms with E-state index in [1.165, 1.54) is 48.2 Å². The number of rotatable bonds is 5. The molecule has 3 rings (SSSR count). The Morgan fingerprint density at radius 3 is 2.27 bits per heavy atom. The molecule has 0 bridgehead atoms. The largest absolute Gasteiger partial charge is 0.344 e. The summed E-state index contributed by atoms with van der Waals surface area (Å²) in [7, 11) is 1.50. The van der Waals surface area contributed by atoms with Crippen molar-refractivity contribution < 1.29 is 14.0 Å². The number of halogens is 1. The van der Waals surface area contributed by atoms with Crippen molar-refractivity contribution >= 4 is 17.5 Å². The van der Waals surface area contributed by atoms with Crippen molar-refractivity contribution in [3.8, 4) is 0 Å². The van der Waals surface area contributed by atoms with Crippen LogP contribution < -0.4 is 10.2 Å². The van der Waals surface area contributed by atoms with Crippen molar-refractivity contribution in [1.82, 2.24) is 10.2 Å². The first kappa shape index (κ1) is 22.0. The van der Waals surface area contributed by atoms with Crippen LogP contribution in [0.4, 0.5) is 10.1 Å². The Morgan fingerprint density at radius 1 is 1.03 bits per heavy atom. The van der Waals surface area contributed by atoms with E-state index in [9.17, 15) is 14.0 Å². The van der Waals surface area contributed by atoms with Gasteiger partial charge >= 0.3 is 11.8 Å². The van der Waals surface area contributed by atoms with Crippen molar-refractivity contribution in [3.63, 3.8) is 0 Å². The van der Waals surface area contributed by atoms with Crippen molar-refractivity contribution in [2.45, 2.75) is 33.4 Å². The smallest absolute Gasteiger partial charge is 0.316 e. The fourth-order valence-electron chi connectivity index (χ4n) is 4.23. The molecule has 1 fully saturated rings. The SMILES string of the molecule is C[C@H]1C[C@H](C)CN(Cc2ccccc2CNC(=O)C(=O)N(C)c2ccc(F)cc2)C1.